The van der Waals surface area contributed by atoms with Crippen LogP contribution in [-0.2, 0) is 19.1 Å². The molecule has 4 aromatic rings. The number of aromatic nitrogens is 2. The molecule has 0 N–H and O–H groups in total. The molecule has 0 radical (unpaired) electrons. The van der Waals surface area contributed by atoms with E-state index >= 15 is 0 Å². The number of alkyl halides is 3. The van der Waals surface area contributed by atoms with Crippen molar-refractivity contribution in [3.63, 3.8) is 0 Å². The van der Waals surface area contributed by atoms with Gasteiger partial charge >= 0.3 is 6.18 Å². The van der Waals surface area contributed by atoms with Gasteiger partial charge in [0.25, 0.3) is 0 Å². The number of methoxy groups -OCH3 is 2. The monoisotopic (exact) mass is 568 g/mol. The molecule has 0 bridgehead atoms. The molecule has 11 heteroatoms. The molecular formula is C30H31F3N4O4. The van der Waals surface area contributed by atoms with Gasteiger partial charge in [-0.1, -0.05) is 19.1 Å². The van der Waals surface area contributed by atoms with Crippen LogP contribution in [0.25, 0.3) is 10.9 Å². The first kappa shape index (κ1) is 26.9. The van der Waals surface area contributed by atoms with Crippen molar-refractivity contribution in [1.29, 1.82) is 0 Å². The minimum absolute atomic E-state index is 0.129. The Morgan fingerprint density at radius 1 is 0.902 bits per heavy atom. The van der Waals surface area contributed by atoms with Crippen LogP contribution in [0, 0.1) is 0 Å². The smallest absolute Gasteiger partial charge is 0.416 e. The number of hydrogen-bond acceptors (Lipinski definition) is 7. The van der Waals surface area contributed by atoms with Gasteiger partial charge < -0.3 is 28.7 Å². The van der Waals surface area contributed by atoms with E-state index in [4.69, 9.17) is 24.0 Å². The van der Waals surface area contributed by atoms with Gasteiger partial charge in [0.15, 0.2) is 23.0 Å². The molecule has 0 amide bonds. The van der Waals surface area contributed by atoms with Crippen LogP contribution in [0.4, 0.5) is 24.5 Å². The summed E-state index contributed by atoms with van der Waals surface area (Å²) in [6, 6.07) is 13.3. The van der Waals surface area contributed by atoms with Crippen LogP contribution < -0.4 is 28.7 Å². The number of benzene rings is 3. The van der Waals surface area contributed by atoms with Gasteiger partial charge in [-0.15, -0.1) is 0 Å². The van der Waals surface area contributed by atoms with E-state index in [9.17, 15) is 13.2 Å². The van der Waals surface area contributed by atoms with Crippen molar-refractivity contribution in [3.05, 3.63) is 65.4 Å². The van der Waals surface area contributed by atoms with Gasteiger partial charge in [-0.2, -0.15) is 18.3 Å². The van der Waals surface area contributed by atoms with Gasteiger partial charge in [0, 0.05) is 37.9 Å². The zero-order valence-electron chi connectivity index (χ0n) is 23.1. The quantitative estimate of drug-likeness (QED) is 0.282. The Labute approximate surface area is 235 Å². The zero-order valence-corrected chi connectivity index (χ0v) is 23.1. The molecule has 1 saturated heterocycles. The van der Waals surface area contributed by atoms with Crippen LogP contribution in [0.3, 0.4) is 0 Å². The van der Waals surface area contributed by atoms with E-state index in [2.05, 4.69) is 11.8 Å². The van der Waals surface area contributed by atoms with Crippen molar-refractivity contribution in [3.8, 4) is 23.0 Å². The van der Waals surface area contributed by atoms with Crippen molar-refractivity contribution >= 4 is 22.3 Å². The number of aryl methyl sites for hydroxylation is 1. The fourth-order valence-electron chi connectivity index (χ4n) is 5.64. The summed E-state index contributed by atoms with van der Waals surface area (Å²) in [7, 11) is 3.22. The lowest BCUT2D eigenvalue weighted by Crippen LogP contribution is -2.46. The van der Waals surface area contributed by atoms with Crippen LogP contribution in [-0.4, -0.2) is 57.0 Å². The number of anilines is 2. The highest BCUT2D eigenvalue weighted by Gasteiger charge is 2.33. The fourth-order valence-corrected chi connectivity index (χ4v) is 5.64. The molecule has 0 saturated carbocycles. The Bertz CT molecular complexity index is 1580. The lowest BCUT2D eigenvalue weighted by Gasteiger charge is -2.38. The van der Waals surface area contributed by atoms with Crippen LogP contribution >= 0.6 is 0 Å². The summed E-state index contributed by atoms with van der Waals surface area (Å²) in [6.07, 6.45) is -3.66. The fraction of sp³-hybridized carbons (Fsp3) is 0.367. The lowest BCUT2D eigenvalue weighted by molar-refractivity contribution is -0.137. The van der Waals surface area contributed by atoms with Crippen molar-refractivity contribution < 1.29 is 32.1 Å². The largest absolute Gasteiger partial charge is 0.493 e. The highest BCUT2D eigenvalue weighted by Crippen LogP contribution is 2.48. The van der Waals surface area contributed by atoms with E-state index in [-0.39, 0.29) is 6.79 Å². The summed E-state index contributed by atoms with van der Waals surface area (Å²) in [5.41, 5.74) is 3.72. The van der Waals surface area contributed by atoms with E-state index in [0.717, 1.165) is 33.9 Å². The molecule has 0 atom stereocenters. The minimum Gasteiger partial charge on any atom is -0.493 e. The average Bonchev–Trinajstić information content (AvgIpc) is 3.60. The summed E-state index contributed by atoms with van der Waals surface area (Å²) in [5.74, 6) is 2.65. The van der Waals surface area contributed by atoms with Crippen molar-refractivity contribution in [2.45, 2.75) is 26.1 Å². The predicted molar refractivity (Wildman–Crippen MR) is 150 cm³/mol. The Morgan fingerprint density at radius 3 is 2.37 bits per heavy atom. The number of ether oxygens (including phenoxy) is 4. The predicted octanol–water partition coefficient (Wildman–Crippen LogP) is 5.74. The van der Waals surface area contributed by atoms with Crippen molar-refractivity contribution in [2.24, 2.45) is 0 Å². The molecule has 2 aliphatic heterocycles. The average molecular weight is 569 g/mol. The van der Waals surface area contributed by atoms with E-state index < -0.39 is 11.7 Å². The van der Waals surface area contributed by atoms with Crippen LogP contribution in [0.2, 0.25) is 0 Å². The second-order valence-corrected chi connectivity index (χ2v) is 10.0. The first-order valence-electron chi connectivity index (χ1n) is 13.5. The maximum atomic E-state index is 13.3. The van der Waals surface area contributed by atoms with Gasteiger partial charge in [-0.25, -0.2) is 0 Å². The first-order chi connectivity index (χ1) is 19.8. The van der Waals surface area contributed by atoms with Gasteiger partial charge in [0.1, 0.15) is 0 Å². The Kier molecular flexibility index (Phi) is 6.96. The number of nitrogens with zero attached hydrogens (tertiary/aromatic N) is 4. The number of fused-ring (bicyclic) bond motifs is 2. The molecule has 216 valence electrons. The Balaban J connectivity index is 1.34. The number of hydrogen-bond donors (Lipinski definition) is 0. The standard InChI is InChI=1S/C30H31F3N4O4/c1-4-22-27-23(37(34-22)17-19-8-9-24(38-2)25(14-19)39-3)16-26-29(41-18-40-26)28(27)36-12-10-35(11-13-36)21-7-5-6-20(15-21)30(31,32)33/h5-9,14-16H,4,10-13,17-18H2,1-3H3. The zero-order chi connectivity index (χ0) is 28.7. The summed E-state index contributed by atoms with van der Waals surface area (Å²) in [6.45, 7) is 5.05. The third kappa shape index (κ3) is 4.93. The van der Waals surface area contributed by atoms with E-state index in [0.29, 0.717) is 67.8 Å². The molecule has 1 fully saturated rings. The molecule has 0 unspecified atom stereocenters. The highest BCUT2D eigenvalue weighted by atomic mass is 19.4. The molecular weight excluding hydrogens is 537 g/mol. The number of rotatable bonds is 7. The molecule has 1 aromatic heterocycles. The van der Waals surface area contributed by atoms with Crippen molar-refractivity contribution in [2.75, 3.05) is 57.0 Å². The summed E-state index contributed by atoms with van der Waals surface area (Å²) < 4.78 is 64.6. The van der Waals surface area contributed by atoms with Crippen molar-refractivity contribution in [1.82, 2.24) is 9.78 Å². The third-order valence-electron chi connectivity index (χ3n) is 7.68. The van der Waals surface area contributed by atoms with Crippen LogP contribution in [0.1, 0.15) is 23.7 Å². The second-order valence-electron chi connectivity index (χ2n) is 10.0. The van der Waals surface area contributed by atoms with E-state index in [1.165, 1.54) is 12.1 Å². The van der Waals surface area contributed by atoms with Crippen LogP contribution in [0.15, 0.2) is 48.5 Å². The number of halogens is 3. The van der Waals surface area contributed by atoms with Gasteiger partial charge in [-0.3, -0.25) is 4.68 Å². The topological polar surface area (TPSA) is 61.2 Å². The normalized spacial score (nSPS) is 15.1. The third-order valence-corrected chi connectivity index (χ3v) is 7.68. The summed E-state index contributed by atoms with van der Waals surface area (Å²) in [4.78, 5) is 4.23. The molecule has 6 rings (SSSR count). The highest BCUT2D eigenvalue weighted by molar-refractivity contribution is 6.00. The molecule has 2 aliphatic rings. The van der Waals surface area contributed by atoms with Gasteiger partial charge in [0.05, 0.1) is 48.6 Å². The Morgan fingerprint density at radius 2 is 1.66 bits per heavy atom. The summed E-state index contributed by atoms with van der Waals surface area (Å²) >= 11 is 0. The molecule has 41 heavy (non-hydrogen) atoms. The van der Waals surface area contributed by atoms with E-state index in [1.807, 2.05) is 33.8 Å². The molecule has 8 nitrogen and oxygen atoms in total. The molecule has 0 aliphatic carbocycles. The second kappa shape index (κ2) is 10.6. The van der Waals surface area contributed by atoms with Gasteiger partial charge in [0.2, 0.25) is 6.79 Å². The first-order valence-corrected chi connectivity index (χ1v) is 13.5. The molecule has 0 spiro atoms. The van der Waals surface area contributed by atoms with E-state index in [1.54, 1.807) is 20.3 Å². The summed E-state index contributed by atoms with van der Waals surface area (Å²) in [5, 5.41) is 5.99. The van der Waals surface area contributed by atoms with Gasteiger partial charge in [-0.05, 0) is 42.3 Å². The molecule has 3 heterocycles. The maximum Gasteiger partial charge on any atom is 0.416 e. The Hall–Kier alpha value is -4.28. The molecule has 3 aromatic carbocycles. The minimum atomic E-state index is -4.38. The maximum absolute atomic E-state index is 13.3. The lowest BCUT2D eigenvalue weighted by atomic mass is 10.1. The number of piperazine rings is 1. The van der Waals surface area contributed by atoms with Crippen LogP contribution in [0.5, 0.6) is 23.0 Å². The SMILES string of the molecule is CCc1nn(Cc2ccc(OC)c(OC)c2)c2cc3c(c(N4CCN(c5cccc(C(F)(F)F)c5)CC4)c12)OCO3.